The minimum atomic E-state index is -0.509. The number of imidazole rings is 1. The van der Waals surface area contributed by atoms with Crippen LogP contribution in [-0.2, 0) is 37.9 Å². The van der Waals surface area contributed by atoms with Crippen molar-refractivity contribution in [1.29, 1.82) is 0 Å². The lowest BCUT2D eigenvalue weighted by Gasteiger charge is -2.35. The van der Waals surface area contributed by atoms with E-state index in [4.69, 9.17) is 9.72 Å². The summed E-state index contributed by atoms with van der Waals surface area (Å²) in [5, 5.41) is 2.32. The van der Waals surface area contributed by atoms with E-state index in [9.17, 15) is 0 Å². The quantitative estimate of drug-likeness (QED) is 0.0956. The van der Waals surface area contributed by atoms with Crippen molar-refractivity contribution in [2.75, 3.05) is 0 Å². The first-order chi connectivity index (χ1) is 37.4. The highest BCUT2D eigenvalue weighted by Crippen LogP contribution is 2.45. The predicted molar refractivity (Wildman–Crippen MR) is 335 cm³/mol. The van der Waals surface area contributed by atoms with Crippen molar-refractivity contribution in [2.45, 2.75) is 163 Å². The molecule has 0 fully saturated rings. The van der Waals surface area contributed by atoms with Gasteiger partial charge in [0.25, 0.3) is 6.33 Å². The molecule has 3 heterocycles. The van der Waals surface area contributed by atoms with Crippen molar-refractivity contribution in [3.8, 4) is 28.7 Å². The molecular weight excluding hydrogens is 973 g/mol. The Morgan fingerprint density at radius 3 is 1.46 bits per heavy atom. The number of hydrogen-bond donors (Lipinski definition) is 0. The van der Waals surface area contributed by atoms with E-state index in [0.717, 1.165) is 56.4 Å². The summed E-state index contributed by atoms with van der Waals surface area (Å²) >= 11 is 0. The molecule has 10 rings (SSSR count). The highest BCUT2D eigenvalue weighted by molar-refractivity contribution is 6.10. The molecule has 3 aromatic heterocycles. The van der Waals surface area contributed by atoms with Crippen LogP contribution in [0.3, 0.4) is 0 Å². The van der Waals surface area contributed by atoms with Crippen LogP contribution in [0.5, 0.6) is 11.5 Å². The molecule has 410 valence electrons. The van der Waals surface area contributed by atoms with E-state index in [1.165, 1.54) is 50.0 Å². The van der Waals surface area contributed by atoms with Gasteiger partial charge in [-0.25, -0.2) is 4.98 Å². The molecule has 0 saturated heterocycles. The second kappa shape index (κ2) is 19.9. The average molecular weight is 1060 g/mol. The van der Waals surface area contributed by atoms with Crippen molar-refractivity contribution >= 4 is 21.8 Å². The molecule has 0 aliphatic rings. The Kier molecular flexibility index (Phi) is 13.9. The second-order valence-electron chi connectivity index (χ2n) is 28.2. The maximum absolute atomic E-state index is 7.29. The van der Waals surface area contributed by atoms with E-state index in [1.807, 2.05) is 6.20 Å². The number of hydrogen-bond acceptors (Lipinski definition) is 2. The SMILES string of the molecule is CC(C)(C)c1cc(Oc2ccc3c4cc(C(C)(C)c5ccccc5)ccc4n(-c4cc(C(C)(C)C)ccn4)c3c2)cc(-n2[c-][n+](-c3cc(C(C)(C)C)cc(C(C)(C)C)c3)c(C(C)(C)c3ccccc3)c2C(C)(C)c2ccccc2)c1. The molecule has 80 heavy (non-hydrogen) atoms. The van der Waals surface area contributed by atoms with Gasteiger partial charge in [0.1, 0.15) is 17.3 Å². The van der Waals surface area contributed by atoms with Gasteiger partial charge in [-0.05, 0) is 133 Å². The topological polar surface area (TPSA) is 35.9 Å². The molecule has 10 aromatic rings. The smallest absolute Gasteiger partial charge is 0.269 e. The molecule has 0 radical (unpaired) electrons. The van der Waals surface area contributed by atoms with E-state index < -0.39 is 10.8 Å². The molecule has 0 aliphatic heterocycles. The van der Waals surface area contributed by atoms with Crippen LogP contribution in [0.15, 0.2) is 182 Å². The molecule has 5 nitrogen and oxygen atoms in total. The molecular formula is C75H84N4O. The first-order valence-electron chi connectivity index (χ1n) is 28.8. The molecule has 0 N–H and O–H groups in total. The maximum atomic E-state index is 7.29. The highest BCUT2D eigenvalue weighted by Gasteiger charge is 2.41. The maximum Gasteiger partial charge on any atom is 0.269 e. The van der Waals surface area contributed by atoms with Gasteiger partial charge < -0.3 is 4.74 Å². The third kappa shape index (κ3) is 10.5. The Balaban J connectivity index is 1.23. The van der Waals surface area contributed by atoms with E-state index in [0.29, 0.717) is 0 Å². The standard InChI is InChI=1S/C75H84N4O/c1-69(2,3)53-38-39-76-66(46-53)79-64-37-34-54(73(13,14)50-28-22-19-23-29-50)45-63(64)62-36-35-60(48-65(62)79)80-61-44-57(72(10,11)12)43-59(47-61)78-49-77(58-41-55(70(4,5)6)40-56(42-58)71(7,8)9)67(74(15,16)51-30-24-20-25-31-51)68(78)75(17,18)52-32-26-21-27-33-52/h19-48H,1-18H3. The lowest BCUT2D eigenvalue weighted by atomic mass is 9.73. The van der Waals surface area contributed by atoms with E-state index in [-0.39, 0.29) is 27.1 Å². The fourth-order valence-corrected chi connectivity index (χ4v) is 11.6. The van der Waals surface area contributed by atoms with Gasteiger partial charge in [-0.2, -0.15) is 0 Å². The molecule has 0 aliphatic carbocycles. The lowest BCUT2D eigenvalue weighted by Crippen LogP contribution is -2.43. The minimum absolute atomic E-state index is 0.0656. The van der Waals surface area contributed by atoms with Gasteiger partial charge >= 0.3 is 0 Å². The van der Waals surface area contributed by atoms with Gasteiger partial charge in [0.2, 0.25) is 0 Å². The van der Waals surface area contributed by atoms with Crippen LogP contribution in [0, 0.1) is 6.33 Å². The summed E-state index contributed by atoms with van der Waals surface area (Å²) in [5.74, 6) is 2.37. The molecule has 0 atom stereocenters. The van der Waals surface area contributed by atoms with Crippen LogP contribution in [0.4, 0.5) is 0 Å². The summed E-state index contributed by atoms with van der Waals surface area (Å²) in [6, 6.07) is 64.7. The normalized spacial score (nSPS) is 13.1. The van der Waals surface area contributed by atoms with Crippen molar-refractivity contribution in [2.24, 2.45) is 0 Å². The molecule has 0 spiro atoms. The molecule has 7 aromatic carbocycles. The van der Waals surface area contributed by atoms with Crippen LogP contribution in [-0.4, -0.2) is 14.1 Å². The van der Waals surface area contributed by atoms with E-state index >= 15 is 0 Å². The first-order valence-corrected chi connectivity index (χ1v) is 28.8. The molecule has 0 amide bonds. The number of rotatable bonds is 11. The molecule has 5 heteroatoms. The van der Waals surface area contributed by atoms with Crippen molar-refractivity contribution in [1.82, 2.24) is 14.1 Å². The van der Waals surface area contributed by atoms with Crippen molar-refractivity contribution < 1.29 is 9.30 Å². The zero-order chi connectivity index (χ0) is 57.5. The van der Waals surface area contributed by atoms with Gasteiger partial charge in [-0.1, -0.05) is 228 Å². The predicted octanol–water partition coefficient (Wildman–Crippen LogP) is 19.0. The molecule has 0 bridgehead atoms. The summed E-state index contributed by atoms with van der Waals surface area (Å²) in [6.07, 6.45) is 6.09. The number of ether oxygens (including phenoxy) is 1. The summed E-state index contributed by atoms with van der Waals surface area (Å²) in [6.45, 7) is 41.7. The van der Waals surface area contributed by atoms with E-state index in [2.05, 4.69) is 321 Å². The Bertz CT molecular complexity index is 3860. The third-order valence-corrected chi connectivity index (χ3v) is 17.0. The van der Waals surface area contributed by atoms with E-state index in [1.54, 1.807) is 0 Å². The number of nitrogens with zero attached hydrogens (tertiary/aromatic N) is 4. The van der Waals surface area contributed by atoms with Crippen LogP contribution < -0.4 is 9.30 Å². The van der Waals surface area contributed by atoms with Gasteiger partial charge in [0.15, 0.2) is 0 Å². The minimum Gasteiger partial charge on any atom is -0.458 e. The van der Waals surface area contributed by atoms with Gasteiger partial charge in [-0.15, -0.1) is 0 Å². The van der Waals surface area contributed by atoms with Crippen molar-refractivity contribution in [3.05, 3.63) is 244 Å². The fourth-order valence-electron chi connectivity index (χ4n) is 11.6. The summed E-state index contributed by atoms with van der Waals surface area (Å²) in [5.41, 5.74) is 14.7. The third-order valence-electron chi connectivity index (χ3n) is 17.0. The zero-order valence-corrected chi connectivity index (χ0v) is 51.0. The summed E-state index contributed by atoms with van der Waals surface area (Å²) in [7, 11) is 0. The van der Waals surface area contributed by atoms with Gasteiger partial charge in [0, 0.05) is 39.3 Å². The van der Waals surface area contributed by atoms with Gasteiger partial charge in [-0.3, -0.25) is 13.7 Å². The Morgan fingerprint density at radius 2 is 0.912 bits per heavy atom. The fraction of sp³-hybridized carbons (Fsp3) is 0.333. The largest absolute Gasteiger partial charge is 0.458 e. The zero-order valence-electron chi connectivity index (χ0n) is 51.0. The Labute approximate surface area is 478 Å². The van der Waals surface area contributed by atoms with Crippen LogP contribution in [0.2, 0.25) is 0 Å². The molecule has 0 saturated carbocycles. The lowest BCUT2D eigenvalue weighted by molar-refractivity contribution is -0.611. The highest BCUT2D eigenvalue weighted by atomic mass is 16.5. The van der Waals surface area contributed by atoms with Crippen molar-refractivity contribution in [3.63, 3.8) is 0 Å². The van der Waals surface area contributed by atoms with Crippen LogP contribution in [0.1, 0.15) is 181 Å². The Morgan fingerprint density at radius 1 is 0.388 bits per heavy atom. The van der Waals surface area contributed by atoms with Crippen LogP contribution >= 0.6 is 0 Å². The Hall–Kier alpha value is -7.50. The number of aromatic nitrogens is 4. The number of pyridine rings is 1. The first kappa shape index (κ1) is 55.8. The monoisotopic (exact) mass is 1060 g/mol. The average Bonchev–Trinajstić information content (AvgIpc) is 3.99. The number of benzene rings is 7. The number of fused-ring (bicyclic) bond motifs is 3. The summed E-state index contributed by atoms with van der Waals surface area (Å²) < 4.78 is 14.4. The second-order valence-corrected chi connectivity index (χ2v) is 28.2. The molecule has 0 unspecified atom stereocenters. The van der Waals surface area contributed by atoms with Crippen LogP contribution in [0.25, 0.3) is 39.0 Å². The van der Waals surface area contributed by atoms with Gasteiger partial charge in [0.05, 0.1) is 33.8 Å². The summed E-state index contributed by atoms with van der Waals surface area (Å²) in [4.78, 5) is 5.08.